The lowest BCUT2D eigenvalue weighted by Gasteiger charge is -2.16. The molecule has 1 N–H and O–H groups in total. The van der Waals surface area contributed by atoms with Crippen LogP contribution in [0.15, 0.2) is 60.7 Å². The molecule has 1 amide bonds. The maximum absolute atomic E-state index is 12.9. The van der Waals surface area contributed by atoms with Crippen molar-refractivity contribution in [3.05, 3.63) is 82.4 Å². The van der Waals surface area contributed by atoms with E-state index >= 15 is 0 Å². The van der Waals surface area contributed by atoms with E-state index in [-0.39, 0.29) is 17.6 Å². The van der Waals surface area contributed by atoms with Crippen LogP contribution < -0.4 is 10.1 Å². The number of thiazole rings is 1. The standard InChI is InChI=1S/C30H27N3O3S/c1-18-7-10-22(32-29(35)20-5-4-6-21(13-20)30(2,3)17-31)14-26(18)36-23-11-12-24-27(15-23)37-28(33-24)16-25(34)19-8-9-19/h4-7,10-15,19H,8-9,16H2,1-3H3,(H,32,35). The molecule has 186 valence electrons. The van der Waals surface area contributed by atoms with Crippen molar-refractivity contribution >= 4 is 38.9 Å². The first kappa shape index (κ1) is 24.7. The Morgan fingerprint density at radius 2 is 1.95 bits per heavy atom. The van der Waals surface area contributed by atoms with Gasteiger partial charge in [-0.1, -0.05) is 18.2 Å². The summed E-state index contributed by atoms with van der Waals surface area (Å²) in [7, 11) is 0. The molecule has 1 aliphatic rings. The third-order valence-corrected chi connectivity index (χ3v) is 7.58. The van der Waals surface area contributed by atoms with Gasteiger partial charge >= 0.3 is 0 Å². The fraction of sp³-hybridized carbons (Fsp3) is 0.267. The van der Waals surface area contributed by atoms with Crippen molar-refractivity contribution in [3.8, 4) is 17.6 Å². The summed E-state index contributed by atoms with van der Waals surface area (Å²) in [6.07, 6.45) is 2.41. The number of nitrogens with zero attached hydrogens (tertiary/aromatic N) is 2. The number of ether oxygens (including phenoxy) is 1. The molecule has 1 heterocycles. The number of carbonyl (C=O) groups is 2. The quantitative estimate of drug-likeness (QED) is 0.277. The molecule has 6 nitrogen and oxygen atoms in total. The summed E-state index contributed by atoms with van der Waals surface area (Å²) in [6, 6.07) is 20.6. The number of ketones is 1. The zero-order valence-electron chi connectivity index (χ0n) is 21.0. The number of amides is 1. The number of carbonyl (C=O) groups excluding carboxylic acids is 2. The topological polar surface area (TPSA) is 92.1 Å². The van der Waals surface area contributed by atoms with Gasteiger partial charge in [0, 0.05) is 29.3 Å². The molecular weight excluding hydrogens is 482 g/mol. The molecule has 1 aliphatic carbocycles. The molecule has 7 heteroatoms. The summed E-state index contributed by atoms with van der Waals surface area (Å²) in [5.41, 5.74) is 2.97. The predicted molar refractivity (Wildman–Crippen MR) is 145 cm³/mol. The fourth-order valence-electron chi connectivity index (χ4n) is 4.02. The van der Waals surface area contributed by atoms with Gasteiger partial charge in [-0.3, -0.25) is 9.59 Å². The normalized spacial score (nSPS) is 13.2. The summed E-state index contributed by atoms with van der Waals surface area (Å²) < 4.78 is 7.16. The maximum Gasteiger partial charge on any atom is 0.255 e. The van der Waals surface area contributed by atoms with Crippen LogP contribution in [0.2, 0.25) is 0 Å². The average Bonchev–Trinajstić information content (AvgIpc) is 3.67. The number of hydrogen-bond acceptors (Lipinski definition) is 6. The number of nitrogens with one attached hydrogen (secondary N) is 1. The van der Waals surface area contributed by atoms with Crippen molar-refractivity contribution in [2.24, 2.45) is 5.92 Å². The van der Waals surface area contributed by atoms with Crippen molar-refractivity contribution in [3.63, 3.8) is 0 Å². The Morgan fingerprint density at radius 1 is 1.14 bits per heavy atom. The van der Waals surface area contributed by atoms with Crippen LogP contribution in [-0.4, -0.2) is 16.7 Å². The number of anilines is 1. The molecule has 0 atom stereocenters. The highest BCUT2D eigenvalue weighted by Gasteiger charge is 2.29. The lowest BCUT2D eigenvalue weighted by Crippen LogP contribution is -2.17. The van der Waals surface area contributed by atoms with Crippen LogP contribution in [0, 0.1) is 24.2 Å². The smallest absolute Gasteiger partial charge is 0.255 e. The van der Waals surface area contributed by atoms with Gasteiger partial charge in [-0.25, -0.2) is 4.98 Å². The van der Waals surface area contributed by atoms with Gasteiger partial charge in [-0.05, 0) is 75.1 Å². The van der Waals surface area contributed by atoms with Crippen LogP contribution in [-0.2, 0) is 16.6 Å². The molecule has 4 aromatic rings. The molecule has 3 aromatic carbocycles. The van der Waals surface area contributed by atoms with E-state index in [0.717, 1.165) is 39.2 Å². The third kappa shape index (κ3) is 5.55. The molecule has 0 bridgehead atoms. The minimum atomic E-state index is -0.687. The second kappa shape index (κ2) is 9.79. The van der Waals surface area contributed by atoms with Crippen LogP contribution in [0.3, 0.4) is 0 Å². The van der Waals surface area contributed by atoms with Crippen LogP contribution in [0.4, 0.5) is 5.69 Å². The highest BCUT2D eigenvalue weighted by Crippen LogP contribution is 2.34. The number of aromatic nitrogens is 1. The highest BCUT2D eigenvalue weighted by molar-refractivity contribution is 7.18. The molecule has 37 heavy (non-hydrogen) atoms. The third-order valence-electron chi connectivity index (χ3n) is 6.56. The SMILES string of the molecule is Cc1ccc(NC(=O)c2cccc(C(C)(C)C#N)c2)cc1Oc1ccc2nc(CC(=O)C3CC3)sc2c1. The molecule has 0 aliphatic heterocycles. The maximum atomic E-state index is 12.9. The highest BCUT2D eigenvalue weighted by atomic mass is 32.1. The van der Waals surface area contributed by atoms with Crippen LogP contribution >= 0.6 is 11.3 Å². The monoisotopic (exact) mass is 509 g/mol. The van der Waals surface area contributed by atoms with Crippen molar-refractivity contribution in [2.75, 3.05) is 5.32 Å². The van der Waals surface area contributed by atoms with Crippen molar-refractivity contribution in [2.45, 2.75) is 45.4 Å². The summed E-state index contributed by atoms with van der Waals surface area (Å²) in [5.74, 6) is 1.55. The van der Waals surface area contributed by atoms with E-state index in [1.54, 1.807) is 24.3 Å². The number of nitriles is 1. The Balaban J connectivity index is 1.32. The zero-order valence-corrected chi connectivity index (χ0v) is 21.8. The van der Waals surface area contributed by atoms with Gasteiger partial charge in [0.2, 0.25) is 0 Å². The van der Waals surface area contributed by atoms with E-state index in [9.17, 15) is 14.9 Å². The van der Waals surface area contributed by atoms with Crippen LogP contribution in [0.5, 0.6) is 11.5 Å². The second-order valence-corrected chi connectivity index (χ2v) is 11.1. The Morgan fingerprint density at radius 3 is 2.70 bits per heavy atom. The van der Waals surface area contributed by atoms with E-state index in [1.165, 1.54) is 11.3 Å². The predicted octanol–water partition coefficient (Wildman–Crippen LogP) is 6.97. The van der Waals surface area contributed by atoms with E-state index in [4.69, 9.17) is 4.74 Å². The number of rotatable bonds is 8. The van der Waals surface area contributed by atoms with Gasteiger partial charge in [0.15, 0.2) is 0 Å². The molecular formula is C30H27N3O3S. The van der Waals surface area contributed by atoms with Gasteiger partial charge in [0.1, 0.15) is 22.3 Å². The molecule has 5 rings (SSSR count). The fourth-order valence-corrected chi connectivity index (χ4v) is 5.03. The lowest BCUT2D eigenvalue weighted by atomic mass is 9.85. The number of benzene rings is 3. The second-order valence-electron chi connectivity index (χ2n) is 10.0. The Bertz CT molecular complexity index is 1560. The molecule has 0 unspecified atom stereocenters. The van der Waals surface area contributed by atoms with Crippen molar-refractivity contribution < 1.29 is 14.3 Å². The molecule has 1 aromatic heterocycles. The minimum absolute atomic E-state index is 0.231. The molecule has 0 spiro atoms. The van der Waals surface area contributed by atoms with E-state index in [2.05, 4.69) is 16.4 Å². The number of fused-ring (bicyclic) bond motifs is 1. The lowest BCUT2D eigenvalue weighted by molar-refractivity contribution is -0.119. The number of aryl methyl sites for hydroxylation is 1. The van der Waals surface area contributed by atoms with Crippen LogP contribution in [0.1, 0.15) is 53.2 Å². The minimum Gasteiger partial charge on any atom is -0.457 e. The molecule has 1 fully saturated rings. The van der Waals surface area contributed by atoms with E-state index in [0.29, 0.717) is 29.2 Å². The van der Waals surface area contributed by atoms with Gasteiger partial charge in [0.05, 0.1) is 28.1 Å². The first-order valence-electron chi connectivity index (χ1n) is 12.3. The Kier molecular flexibility index (Phi) is 6.53. The molecule has 1 saturated carbocycles. The summed E-state index contributed by atoms with van der Waals surface area (Å²) in [5, 5.41) is 13.2. The summed E-state index contributed by atoms with van der Waals surface area (Å²) in [6.45, 7) is 5.60. The zero-order chi connectivity index (χ0) is 26.2. The average molecular weight is 510 g/mol. The van der Waals surface area contributed by atoms with Crippen LogP contribution in [0.25, 0.3) is 10.2 Å². The van der Waals surface area contributed by atoms with Gasteiger partial charge < -0.3 is 10.1 Å². The Labute approximate surface area is 219 Å². The van der Waals surface area contributed by atoms with Crippen molar-refractivity contribution in [1.82, 2.24) is 4.98 Å². The van der Waals surface area contributed by atoms with Gasteiger partial charge in [-0.15, -0.1) is 11.3 Å². The first-order chi connectivity index (χ1) is 17.7. The van der Waals surface area contributed by atoms with Crippen molar-refractivity contribution in [1.29, 1.82) is 5.26 Å². The van der Waals surface area contributed by atoms with E-state index < -0.39 is 5.41 Å². The molecule has 0 saturated heterocycles. The summed E-state index contributed by atoms with van der Waals surface area (Å²) in [4.78, 5) is 29.7. The van der Waals surface area contributed by atoms with Gasteiger partial charge in [-0.2, -0.15) is 5.26 Å². The Hall–Kier alpha value is -4.02. The number of hydrogen-bond donors (Lipinski definition) is 1. The largest absolute Gasteiger partial charge is 0.457 e. The summed E-state index contributed by atoms with van der Waals surface area (Å²) >= 11 is 1.52. The molecule has 0 radical (unpaired) electrons. The first-order valence-corrected chi connectivity index (χ1v) is 13.1. The van der Waals surface area contributed by atoms with Gasteiger partial charge in [0.25, 0.3) is 5.91 Å². The number of Topliss-reactive ketones (excluding diaryl/α,β-unsaturated/α-hetero) is 1. The van der Waals surface area contributed by atoms with E-state index in [1.807, 2.05) is 57.2 Å².